The first kappa shape index (κ1) is 21.6. The first-order chi connectivity index (χ1) is 17.0. The quantitative estimate of drug-likeness (QED) is 0.360. The number of oxazole rings is 1. The summed E-state index contributed by atoms with van der Waals surface area (Å²) in [5, 5.41) is 0.970. The summed E-state index contributed by atoms with van der Waals surface area (Å²) in [5.74, 6) is 1.98. The summed E-state index contributed by atoms with van der Waals surface area (Å²) in [5.41, 5.74) is 13.0. The van der Waals surface area contributed by atoms with Gasteiger partial charge in [0.1, 0.15) is 27.7 Å². The van der Waals surface area contributed by atoms with E-state index in [1.807, 2.05) is 29.2 Å². The number of rotatable bonds is 4. The van der Waals surface area contributed by atoms with Gasteiger partial charge in [0.15, 0.2) is 11.6 Å². The van der Waals surface area contributed by atoms with Crippen LogP contribution >= 0.6 is 11.8 Å². The largest absolute Gasteiger partial charge is 0.485 e. The van der Waals surface area contributed by atoms with Gasteiger partial charge >= 0.3 is 0 Å². The van der Waals surface area contributed by atoms with Crippen molar-refractivity contribution in [2.24, 2.45) is 5.73 Å². The maximum atomic E-state index is 12.9. The fourth-order valence-corrected chi connectivity index (χ4v) is 5.34. The van der Waals surface area contributed by atoms with E-state index in [0.29, 0.717) is 47.7 Å². The monoisotopic (exact) mass is 490 g/mol. The van der Waals surface area contributed by atoms with Crippen molar-refractivity contribution in [1.82, 2.24) is 24.9 Å². The molecule has 35 heavy (non-hydrogen) atoms. The number of aromatic nitrogens is 5. The Morgan fingerprint density at radius 1 is 1.11 bits per heavy atom. The van der Waals surface area contributed by atoms with Gasteiger partial charge < -0.3 is 30.5 Å². The number of nitrogens with one attached hydrogen (secondary N) is 1. The molecular weight excluding hydrogens is 468 g/mol. The number of hydrogen-bond acceptors (Lipinski definition) is 11. The second kappa shape index (κ2) is 8.40. The highest BCUT2D eigenvalue weighted by Gasteiger charge is 2.48. The fraction of sp³-hybridized carbons (Fsp3) is 0.261. The molecule has 4 aromatic rings. The van der Waals surface area contributed by atoms with Crippen LogP contribution in [-0.4, -0.2) is 43.6 Å². The number of nitrogen functional groups attached to an aromatic ring is 1. The fourth-order valence-electron chi connectivity index (χ4n) is 4.58. The minimum atomic E-state index is -0.470. The Labute approximate surface area is 204 Å². The SMILES string of the molecule is Nc1nc(N2CCC3(CC2)Oc2ccccc2C3N)c(=O)[nH]c1Sc1ccnc(-c2ncco2)n1. The molecule has 178 valence electrons. The average Bonchev–Trinajstić information content (AvgIpc) is 3.50. The van der Waals surface area contributed by atoms with Crippen molar-refractivity contribution >= 4 is 23.4 Å². The zero-order chi connectivity index (χ0) is 24.0. The molecule has 5 N–H and O–H groups in total. The van der Waals surface area contributed by atoms with E-state index in [1.54, 1.807) is 12.3 Å². The number of benzene rings is 1. The van der Waals surface area contributed by atoms with Crippen LogP contribution in [0.3, 0.4) is 0 Å². The third-order valence-corrected chi connectivity index (χ3v) is 7.34. The van der Waals surface area contributed by atoms with Gasteiger partial charge in [-0.05, 0) is 23.9 Å². The van der Waals surface area contributed by atoms with E-state index in [2.05, 4.69) is 24.9 Å². The van der Waals surface area contributed by atoms with E-state index in [-0.39, 0.29) is 23.2 Å². The number of nitrogens with zero attached hydrogens (tertiary/aromatic N) is 5. The van der Waals surface area contributed by atoms with Crippen molar-refractivity contribution < 1.29 is 9.15 Å². The molecule has 2 aliphatic heterocycles. The molecule has 12 heteroatoms. The van der Waals surface area contributed by atoms with E-state index in [9.17, 15) is 4.79 Å². The van der Waals surface area contributed by atoms with Crippen molar-refractivity contribution in [1.29, 1.82) is 0 Å². The molecule has 1 saturated heterocycles. The molecule has 0 aliphatic carbocycles. The summed E-state index contributed by atoms with van der Waals surface area (Å²) in [6, 6.07) is 9.38. The lowest BCUT2D eigenvalue weighted by Crippen LogP contribution is -2.52. The molecule has 3 aromatic heterocycles. The van der Waals surface area contributed by atoms with Crippen LogP contribution in [0.25, 0.3) is 11.7 Å². The molecule has 0 bridgehead atoms. The maximum Gasteiger partial charge on any atom is 0.291 e. The minimum Gasteiger partial charge on any atom is -0.485 e. The van der Waals surface area contributed by atoms with Crippen molar-refractivity contribution in [3.8, 4) is 17.5 Å². The Morgan fingerprint density at radius 2 is 1.94 bits per heavy atom. The summed E-state index contributed by atoms with van der Waals surface area (Å²) in [7, 11) is 0. The van der Waals surface area contributed by atoms with Crippen molar-refractivity contribution in [2.75, 3.05) is 23.7 Å². The van der Waals surface area contributed by atoms with E-state index >= 15 is 0 Å². The summed E-state index contributed by atoms with van der Waals surface area (Å²) in [6.07, 6.45) is 5.90. The van der Waals surface area contributed by atoms with Crippen molar-refractivity contribution in [2.45, 2.75) is 34.5 Å². The Hall–Kier alpha value is -3.90. The number of fused-ring (bicyclic) bond motifs is 1. The Balaban J connectivity index is 1.19. The molecule has 1 atom stereocenters. The number of anilines is 2. The lowest BCUT2D eigenvalue weighted by molar-refractivity contribution is 0.0430. The number of nitrogens with two attached hydrogens (primary N) is 2. The molecule has 6 rings (SSSR count). The zero-order valence-corrected chi connectivity index (χ0v) is 19.4. The van der Waals surface area contributed by atoms with Crippen LogP contribution in [0.1, 0.15) is 24.4 Å². The van der Waals surface area contributed by atoms with Crippen LogP contribution in [-0.2, 0) is 0 Å². The molecule has 5 heterocycles. The average molecular weight is 491 g/mol. The summed E-state index contributed by atoms with van der Waals surface area (Å²) >= 11 is 1.19. The first-order valence-electron chi connectivity index (χ1n) is 11.1. The summed E-state index contributed by atoms with van der Waals surface area (Å²) < 4.78 is 11.5. The third kappa shape index (κ3) is 3.80. The van der Waals surface area contributed by atoms with Gasteiger partial charge in [0.05, 0.1) is 12.2 Å². The van der Waals surface area contributed by atoms with Gasteiger partial charge in [0.25, 0.3) is 11.4 Å². The molecule has 0 radical (unpaired) electrons. The standard InChI is InChI=1S/C23H22N8O3S/c24-16-13-3-1-2-4-14(13)34-23(16)6-10-31(11-7-23)19-20(32)30-22(17(25)29-19)35-15-5-8-26-18(28-15)21-27-9-12-33-21/h1-5,8-9,12,16H,6-7,10-11,24H2,(H2,25,29)(H,30,32). The van der Waals surface area contributed by atoms with Gasteiger partial charge in [0, 0.05) is 37.7 Å². The molecule has 0 amide bonds. The van der Waals surface area contributed by atoms with Crippen molar-refractivity contribution in [3.05, 3.63) is 64.9 Å². The van der Waals surface area contributed by atoms with Crippen LogP contribution in [0.2, 0.25) is 0 Å². The number of aromatic amines is 1. The van der Waals surface area contributed by atoms with Gasteiger partial charge in [0.2, 0.25) is 5.82 Å². The number of hydrogen-bond donors (Lipinski definition) is 3. The normalized spacial score (nSPS) is 18.4. The third-order valence-electron chi connectivity index (χ3n) is 6.39. The predicted molar refractivity (Wildman–Crippen MR) is 129 cm³/mol. The van der Waals surface area contributed by atoms with Gasteiger partial charge in [-0.15, -0.1) is 0 Å². The highest BCUT2D eigenvalue weighted by Crippen LogP contribution is 2.47. The van der Waals surface area contributed by atoms with Gasteiger partial charge in [-0.25, -0.2) is 19.9 Å². The molecule has 11 nitrogen and oxygen atoms in total. The molecule has 1 spiro atoms. The lowest BCUT2D eigenvalue weighted by Gasteiger charge is -2.41. The van der Waals surface area contributed by atoms with E-state index in [0.717, 1.165) is 11.3 Å². The zero-order valence-electron chi connectivity index (χ0n) is 18.5. The molecular formula is C23H22N8O3S. The van der Waals surface area contributed by atoms with E-state index < -0.39 is 5.60 Å². The number of piperidine rings is 1. The van der Waals surface area contributed by atoms with E-state index in [1.165, 1.54) is 24.2 Å². The molecule has 0 saturated carbocycles. The first-order valence-corrected chi connectivity index (χ1v) is 11.9. The van der Waals surface area contributed by atoms with Gasteiger partial charge in [-0.1, -0.05) is 18.2 Å². The van der Waals surface area contributed by atoms with Gasteiger partial charge in [-0.3, -0.25) is 4.79 Å². The van der Waals surface area contributed by atoms with Crippen LogP contribution in [0, 0.1) is 0 Å². The Bertz CT molecular complexity index is 1430. The topological polar surface area (TPSA) is 162 Å². The number of ether oxygens (including phenoxy) is 1. The molecule has 2 aliphatic rings. The lowest BCUT2D eigenvalue weighted by atomic mass is 9.83. The smallest absolute Gasteiger partial charge is 0.291 e. The van der Waals surface area contributed by atoms with Crippen LogP contribution in [0.5, 0.6) is 5.75 Å². The summed E-state index contributed by atoms with van der Waals surface area (Å²) in [6.45, 7) is 1.16. The Morgan fingerprint density at radius 3 is 2.71 bits per heavy atom. The van der Waals surface area contributed by atoms with Crippen LogP contribution in [0.4, 0.5) is 11.6 Å². The van der Waals surface area contributed by atoms with Crippen LogP contribution < -0.4 is 26.7 Å². The maximum absolute atomic E-state index is 12.9. The minimum absolute atomic E-state index is 0.204. The highest BCUT2D eigenvalue weighted by atomic mass is 32.2. The molecule has 1 aromatic carbocycles. The van der Waals surface area contributed by atoms with Crippen LogP contribution in [0.15, 0.2) is 68.3 Å². The summed E-state index contributed by atoms with van der Waals surface area (Å²) in [4.78, 5) is 34.8. The second-order valence-electron chi connectivity index (χ2n) is 8.43. The predicted octanol–water partition coefficient (Wildman–Crippen LogP) is 2.38. The van der Waals surface area contributed by atoms with E-state index in [4.69, 9.17) is 20.6 Å². The Kier molecular flexibility index (Phi) is 5.19. The molecule has 1 unspecified atom stereocenters. The second-order valence-corrected chi connectivity index (χ2v) is 9.46. The molecule has 1 fully saturated rings. The highest BCUT2D eigenvalue weighted by molar-refractivity contribution is 7.99. The number of H-pyrrole nitrogens is 1. The van der Waals surface area contributed by atoms with Gasteiger partial charge in [-0.2, -0.15) is 0 Å². The number of para-hydroxylation sites is 1. The van der Waals surface area contributed by atoms with Crippen molar-refractivity contribution in [3.63, 3.8) is 0 Å².